The number of Topliss-reactive ketones (excluding diaryl/α,β-unsaturated/α-hetero) is 1. The van der Waals surface area contributed by atoms with Crippen molar-refractivity contribution < 1.29 is 4.79 Å². The van der Waals surface area contributed by atoms with Gasteiger partial charge in [-0.25, -0.2) is 0 Å². The van der Waals surface area contributed by atoms with Crippen LogP contribution in [0, 0.1) is 6.92 Å². The van der Waals surface area contributed by atoms with Gasteiger partial charge in [0.1, 0.15) is 0 Å². The number of rotatable bonds is 3. The molecule has 0 amide bonds. The zero-order chi connectivity index (χ0) is 13.4. The molecule has 3 rings (SSSR count). The van der Waals surface area contributed by atoms with E-state index < -0.39 is 0 Å². The van der Waals surface area contributed by atoms with Crippen molar-refractivity contribution in [1.29, 1.82) is 0 Å². The highest BCUT2D eigenvalue weighted by Crippen LogP contribution is 2.42. The third-order valence-corrected chi connectivity index (χ3v) is 3.83. The van der Waals surface area contributed by atoms with Crippen LogP contribution >= 0.6 is 0 Å². The van der Waals surface area contributed by atoms with E-state index in [0.29, 0.717) is 0 Å². The van der Waals surface area contributed by atoms with Crippen LogP contribution in [0.2, 0.25) is 0 Å². The lowest BCUT2D eigenvalue weighted by Crippen LogP contribution is -2.11. The molecule has 0 aromatic heterocycles. The molecule has 1 unspecified atom stereocenters. The lowest BCUT2D eigenvalue weighted by atomic mass is 10.0. The lowest BCUT2D eigenvalue weighted by molar-refractivity contribution is 0.0977. The molecule has 1 saturated heterocycles. The summed E-state index contributed by atoms with van der Waals surface area (Å²) in [6.07, 6.45) is 0. The lowest BCUT2D eigenvalue weighted by Gasteiger charge is -1.99. The van der Waals surface area contributed by atoms with Crippen LogP contribution in [0.5, 0.6) is 0 Å². The quantitative estimate of drug-likeness (QED) is 0.616. The second kappa shape index (κ2) is 4.63. The van der Waals surface area contributed by atoms with E-state index in [9.17, 15) is 4.79 Å². The molecule has 1 fully saturated rings. The summed E-state index contributed by atoms with van der Waals surface area (Å²) in [6.45, 7) is 2.08. The summed E-state index contributed by atoms with van der Waals surface area (Å²) in [5.74, 6) is 0.216. The van der Waals surface area contributed by atoms with Crippen molar-refractivity contribution in [2.45, 2.75) is 19.0 Å². The van der Waals surface area contributed by atoms with Gasteiger partial charge in [0.05, 0.1) is 12.1 Å². The SMILES string of the molecule is Cc1ccc([C@@H]2[C@H](C(=O)c3ccccc3)N2C)cc1. The molecule has 2 aromatic carbocycles. The van der Waals surface area contributed by atoms with Crippen molar-refractivity contribution >= 4 is 5.78 Å². The standard InChI is InChI=1S/C17H17NO/c1-12-8-10-13(11-9-12)15-16(18(15)2)17(19)14-6-4-3-5-7-14/h3-11,15-16H,1-2H3/t15-,16-,18?/m1/s1. The highest BCUT2D eigenvalue weighted by Gasteiger charge is 2.50. The van der Waals surface area contributed by atoms with E-state index in [0.717, 1.165) is 5.56 Å². The fourth-order valence-electron chi connectivity index (χ4n) is 2.62. The van der Waals surface area contributed by atoms with Gasteiger partial charge in [-0.15, -0.1) is 0 Å². The van der Waals surface area contributed by atoms with E-state index in [1.54, 1.807) is 0 Å². The Labute approximate surface area is 113 Å². The van der Waals surface area contributed by atoms with E-state index in [1.165, 1.54) is 11.1 Å². The third kappa shape index (κ3) is 2.20. The van der Waals surface area contributed by atoms with E-state index in [4.69, 9.17) is 0 Å². The average Bonchev–Trinajstić information content (AvgIpc) is 3.11. The van der Waals surface area contributed by atoms with Crippen molar-refractivity contribution in [3.8, 4) is 0 Å². The molecule has 96 valence electrons. The summed E-state index contributed by atoms with van der Waals surface area (Å²) in [7, 11) is 2.01. The Hall–Kier alpha value is -1.93. The third-order valence-electron chi connectivity index (χ3n) is 3.83. The maximum atomic E-state index is 12.4. The van der Waals surface area contributed by atoms with Crippen molar-refractivity contribution in [3.05, 3.63) is 71.3 Å². The molecule has 1 aliphatic rings. The van der Waals surface area contributed by atoms with Crippen LogP contribution < -0.4 is 0 Å². The Morgan fingerprint density at radius 3 is 2.26 bits per heavy atom. The Kier molecular flexibility index (Phi) is 2.96. The van der Waals surface area contributed by atoms with Gasteiger partial charge in [-0.3, -0.25) is 9.69 Å². The first-order valence-corrected chi connectivity index (χ1v) is 6.56. The molecule has 0 spiro atoms. The normalized spacial score (nSPS) is 25.1. The first-order valence-electron chi connectivity index (χ1n) is 6.56. The zero-order valence-corrected chi connectivity index (χ0v) is 11.2. The van der Waals surface area contributed by atoms with Gasteiger partial charge >= 0.3 is 0 Å². The minimum Gasteiger partial charge on any atom is -0.292 e. The Morgan fingerprint density at radius 2 is 1.63 bits per heavy atom. The minimum absolute atomic E-state index is 0.00916. The molecular weight excluding hydrogens is 234 g/mol. The summed E-state index contributed by atoms with van der Waals surface area (Å²) in [5, 5.41) is 0. The predicted octanol–water partition coefficient (Wildman–Crippen LogP) is 3.23. The van der Waals surface area contributed by atoms with Gasteiger partial charge in [0.15, 0.2) is 5.78 Å². The van der Waals surface area contributed by atoms with Gasteiger partial charge in [0.25, 0.3) is 0 Å². The van der Waals surface area contributed by atoms with E-state index in [2.05, 4.69) is 36.1 Å². The van der Waals surface area contributed by atoms with Gasteiger partial charge in [0.2, 0.25) is 0 Å². The van der Waals surface area contributed by atoms with Crippen molar-refractivity contribution in [2.75, 3.05) is 7.05 Å². The monoisotopic (exact) mass is 251 g/mol. The van der Waals surface area contributed by atoms with Crippen LogP contribution in [0.15, 0.2) is 54.6 Å². The maximum Gasteiger partial charge on any atom is 0.181 e. The van der Waals surface area contributed by atoms with Gasteiger partial charge < -0.3 is 0 Å². The fourth-order valence-corrected chi connectivity index (χ4v) is 2.62. The number of hydrogen-bond acceptors (Lipinski definition) is 2. The zero-order valence-electron chi connectivity index (χ0n) is 11.2. The predicted molar refractivity (Wildman–Crippen MR) is 76.2 cm³/mol. The molecule has 3 atom stereocenters. The largest absolute Gasteiger partial charge is 0.292 e. The number of benzene rings is 2. The number of carbonyl (C=O) groups excluding carboxylic acids is 1. The molecule has 0 N–H and O–H groups in total. The molecular formula is C17H17NO. The molecule has 0 radical (unpaired) electrons. The Balaban J connectivity index is 1.81. The average molecular weight is 251 g/mol. The van der Waals surface area contributed by atoms with Gasteiger partial charge in [0, 0.05) is 5.56 Å². The second-order valence-corrected chi connectivity index (χ2v) is 5.20. The molecule has 0 bridgehead atoms. The van der Waals surface area contributed by atoms with Crippen LogP contribution in [-0.2, 0) is 0 Å². The summed E-state index contributed by atoms with van der Waals surface area (Å²) < 4.78 is 0. The van der Waals surface area contributed by atoms with E-state index >= 15 is 0 Å². The summed E-state index contributed by atoms with van der Waals surface area (Å²) in [4.78, 5) is 14.6. The Morgan fingerprint density at radius 1 is 1.00 bits per heavy atom. The molecule has 1 aliphatic heterocycles. The van der Waals surface area contributed by atoms with Gasteiger partial charge in [-0.05, 0) is 19.5 Å². The summed E-state index contributed by atoms with van der Waals surface area (Å²) in [6, 6.07) is 18.2. The van der Waals surface area contributed by atoms with E-state index in [1.807, 2.05) is 37.4 Å². The van der Waals surface area contributed by atoms with Crippen molar-refractivity contribution in [3.63, 3.8) is 0 Å². The fraction of sp³-hybridized carbons (Fsp3) is 0.235. The smallest absolute Gasteiger partial charge is 0.181 e. The number of likely N-dealkylation sites (N-methyl/N-ethyl adjacent to an activating group) is 1. The molecule has 0 aliphatic carbocycles. The molecule has 0 saturated carbocycles. The van der Waals surface area contributed by atoms with Crippen LogP contribution in [0.1, 0.15) is 27.5 Å². The van der Waals surface area contributed by atoms with E-state index in [-0.39, 0.29) is 17.9 Å². The summed E-state index contributed by atoms with van der Waals surface area (Å²) in [5.41, 5.74) is 3.27. The maximum absolute atomic E-state index is 12.4. The highest BCUT2D eigenvalue weighted by atomic mass is 16.1. The van der Waals surface area contributed by atoms with Crippen LogP contribution in [0.25, 0.3) is 0 Å². The van der Waals surface area contributed by atoms with Gasteiger partial charge in [-0.2, -0.15) is 0 Å². The van der Waals surface area contributed by atoms with Gasteiger partial charge in [-0.1, -0.05) is 60.2 Å². The van der Waals surface area contributed by atoms with Crippen molar-refractivity contribution in [1.82, 2.24) is 4.90 Å². The number of nitrogens with zero attached hydrogens (tertiary/aromatic N) is 1. The number of aryl methyl sites for hydroxylation is 1. The molecule has 2 nitrogen and oxygen atoms in total. The van der Waals surface area contributed by atoms with Crippen LogP contribution in [0.3, 0.4) is 0 Å². The highest BCUT2D eigenvalue weighted by molar-refractivity contribution is 6.02. The van der Waals surface area contributed by atoms with Crippen molar-refractivity contribution in [2.24, 2.45) is 0 Å². The number of hydrogen-bond donors (Lipinski definition) is 0. The Bertz CT molecular complexity index is 588. The first-order chi connectivity index (χ1) is 9.18. The minimum atomic E-state index is -0.00916. The topological polar surface area (TPSA) is 20.1 Å². The number of carbonyl (C=O) groups is 1. The van der Waals surface area contributed by atoms with Crippen LogP contribution in [-0.4, -0.2) is 23.8 Å². The van der Waals surface area contributed by atoms with Crippen LogP contribution in [0.4, 0.5) is 0 Å². The molecule has 19 heavy (non-hydrogen) atoms. The molecule has 2 aromatic rings. The molecule has 1 heterocycles. The second-order valence-electron chi connectivity index (χ2n) is 5.20. The summed E-state index contributed by atoms with van der Waals surface area (Å²) >= 11 is 0. The first kappa shape index (κ1) is 12.1. The molecule has 2 heteroatoms. The number of ketones is 1.